The summed E-state index contributed by atoms with van der Waals surface area (Å²) >= 11 is 0. The lowest BCUT2D eigenvalue weighted by atomic mass is 9.84. The summed E-state index contributed by atoms with van der Waals surface area (Å²) in [5.74, 6) is 1.08. The Morgan fingerprint density at radius 1 is 1.06 bits per heavy atom. The Morgan fingerprint density at radius 3 is 2.48 bits per heavy atom. The minimum Gasteiger partial charge on any atom is -0.371 e. The second-order valence-electron chi connectivity index (χ2n) is 8.07. The molecular weight excluding hydrogens is 390 g/mol. The largest absolute Gasteiger partial charge is 0.371 e. The van der Waals surface area contributed by atoms with Gasteiger partial charge in [-0.2, -0.15) is 5.10 Å². The Bertz CT molecular complexity index is 1210. The highest BCUT2D eigenvalue weighted by Crippen LogP contribution is 2.27. The summed E-state index contributed by atoms with van der Waals surface area (Å²) in [5.41, 5.74) is 9.48. The molecule has 158 valence electrons. The Hall–Kier alpha value is -3.94. The number of primary amides is 1. The third kappa shape index (κ3) is 4.18. The standard InChI is InChI=1S/C23H25N7O/c1-23(2,16-7-4-14(5-8-16)21(24)31)13-26-20-11-10-18(27-29-20)15-6-9-19-17(12-15)22(25-3)30-28-19/h4-12H,13H2,1-3H3,(H2,24,31)(H,26,29)(H2,25,28,30). The van der Waals surface area contributed by atoms with Crippen LogP contribution in [0.5, 0.6) is 0 Å². The van der Waals surface area contributed by atoms with Crippen LogP contribution >= 0.6 is 0 Å². The first-order valence-corrected chi connectivity index (χ1v) is 10.0. The number of nitrogens with zero attached hydrogens (tertiary/aromatic N) is 3. The highest BCUT2D eigenvalue weighted by atomic mass is 16.1. The number of aromatic nitrogens is 4. The molecule has 0 radical (unpaired) electrons. The molecule has 2 aromatic heterocycles. The number of rotatable bonds is 7. The normalized spacial score (nSPS) is 11.5. The van der Waals surface area contributed by atoms with E-state index in [1.54, 1.807) is 12.1 Å². The molecule has 0 aliphatic carbocycles. The topological polar surface area (TPSA) is 122 Å². The van der Waals surface area contributed by atoms with E-state index in [2.05, 4.69) is 44.9 Å². The van der Waals surface area contributed by atoms with Gasteiger partial charge in [-0.1, -0.05) is 32.0 Å². The van der Waals surface area contributed by atoms with Gasteiger partial charge >= 0.3 is 0 Å². The molecule has 0 aliphatic rings. The molecule has 4 aromatic rings. The molecule has 0 spiro atoms. The Labute approximate surface area is 180 Å². The van der Waals surface area contributed by atoms with Crippen molar-refractivity contribution in [2.75, 3.05) is 24.2 Å². The number of benzene rings is 2. The zero-order valence-corrected chi connectivity index (χ0v) is 17.7. The fraction of sp³-hybridized carbons (Fsp3) is 0.217. The van der Waals surface area contributed by atoms with E-state index in [4.69, 9.17) is 5.73 Å². The molecule has 2 aromatic carbocycles. The minimum absolute atomic E-state index is 0.174. The van der Waals surface area contributed by atoms with Crippen molar-refractivity contribution in [2.45, 2.75) is 19.3 Å². The summed E-state index contributed by atoms with van der Waals surface area (Å²) in [6.45, 7) is 4.91. The van der Waals surface area contributed by atoms with Gasteiger partial charge in [0.05, 0.1) is 11.2 Å². The van der Waals surface area contributed by atoms with E-state index in [1.807, 2.05) is 49.5 Å². The number of carbonyl (C=O) groups excluding carboxylic acids is 1. The molecule has 0 unspecified atom stereocenters. The first-order chi connectivity index (χ1) is 14.9. The second kappa shape index (κ2) is 8.06. The molecular formula is C23H25N7O. The molecule has 1 amide bonds. The van der Waals surface area contributed by atoms with Gasteiger partial charge in [-0.15, -0.1) is 10.2 Å². The summed E-state index contributed by atoms with van der Waals surface area (Å²) in [6.07, 6.45) is 0. The van der Waals surface area contributed by atoms with Crippen molar-refractivity contribution in [1.29, 1.82) is 0 Å². The van der Waals surface area contributed by atoms with Crippen molar-refractivity contribution < 1.29 is 4.79 Å². The van der Waals surface area contributed by atoms with Gasteiger partial charge in [0.15, 0.2) is 5.82 Å². The molecule has 5 N–H and O–H groups in total. The molecule has 8 nitrogen and oxygen atoms in total. The van der Waals surface area contributed by atoms with Gasteiger partial charge in [-0.05, 0) is 42.0 Å². The average molecular weight is 416 g/mol. The molecule has 31 heavy (non-hydrogen) atoms. The lowest BCUT2D eigenvalue weighted by molar-refractivity contribution is 0.1000. The van der Waals surface area contributed by atoms with E-state index in [-0.39, 0.29) is 5.41 Å². The van der Waals surface area contributed by atoms with Crippen LogP contribution in [-0.4, -0.2) is 39.9 Å². The number of anilines is 2. The summed E-state index contributed by atoms with van der Waals surface area (Å²) in [4.78, 5) is 11.3. The lowest BCUT2D eigenvalue weighted by Gasteiger charge is -2.26. The number of fused-ring (bicyclic) bond motifs is 1. The van der Waals surface area contributed by atoms with Crippen LogP contribution in [0.25, 0.3) is 22.2 Å². The second-order valence-corrected chi connectivity index (χ2v) is 8.07. The fourth-order valence-electron chi connectivity index (χ4n) is 3.44. The van der Waals surface area contributed by atoms with Crippen LogP contribution in [0.1, 0.15) is 29.8 Å². The smallest absolute Gasteiger partial charge is 0.248 e. The van der Waals surface area contributed by atoms with Gasteiger partial charge in [-0.25, -0.2) is 0 Å². The molecule has 0 fully saturated rings. The fourth-order valence-corrected chi connectivity index (χ4v) is 3.44. The average Bonchev–Trinajstić information content (AvgIpc) is 3.20. The summed E-state index contributed by atoms with van der Waals surface area (Å²) < 4.78 is 0. The van der Waals surface area contributed by atoms with E-state index < -0.39 is 5.91 Å². The van der Waals surface area contributed by atoms with Crippen molar-refractivity contribution >= 4 is 28.4 Å². The first kappa shape index (κ1) is 20.3. The Kier molecular flexibility index (Phi) is 5.29. The minimum atomic E-state index is -0.424. The van der Waals surface area contributed by atoms with Crippen LogP contribution in [0, 0.1) is 0 Å². The van der Waals surface area contributed by atoms with E-state index in [0.29, 0.717) is 17.9 Å². The summed E-state index contributed by atoms with van der Waals surface area (Å²) in [6, 6.07) is 17.3. The Balaban J connectivity index is 1.46. The molecule has 0 bridgehead atoms. The summed E-state index contributed by atoms with van der Waals surface area (Å²) in [5, 5.41) is 23.4. The van der Waals surface area contributed by atoms with E-state index in [9.17, 15) is 4.79 Å². The maximum atomic E-state index is 11.3. The molecule has 0 atom stereocenters. The maximum absolute atomic E-state index is 11.3. The van der Waals surface area contributed by atoms with Crippen LogP contribution < -0.4 is 16.4 Å². The third-order valence-electron chi connectivity index (χ3n) is 5.42. The molecule has 2 heterocycles. The van der Waals surface area contributed by atoms with Gasteiger partial charge in [0.2, 0.25) is 5.91 Å². The van der Waals surface area contributed by atoms with E-state index >= 15 is 0 Å². The van der Waals surface area contributed by atoms with E-state index in [0.717, 1.165) is 33.5 Å². The number of hydrogen-bond donors (Lipinski definition) is 4. The number of nitrogens with two attached hydrogens (primary N) is 1. The van der Waals surface area contributed by atoms with Gasteiger partial charge in [-0.3, -0.25) is 9.89 Å². The van der Waals surface area contributed by atoms with Gasteiger partial charge in [0.1, 0.15) is 5.82 Å². The number of carbonyl (C=O) groups is 1. The molecule has 4 rings (SSSR count). The number of amides is 1. The first-order valence-electron chi connectivity index (χ1n) is 10.0. The number of aromatic amines is 1. The maximum Gasteiger partial charge on any atom is 0.248 e. The highest BCUT2D eigenvalue weighted by Gasteiger charge is 2.21. The van der Waals surface area contributed by atoms with Crippen LogP contribution in [-0.2, 0) is 5.41 Å². The van der Waals surface area contributed by atoms with Crippen LogP contribution in [0.15, 0.2) is 54.6 Å². The number of H-pyrrole nitrogens is 1. The van der Waals surface area contributed by atoms with Crippen LogP contribution in [0.4, 0.5) is 11.6 Å². The zero-order valence-electron chi connectivity index (χ0n) is 17.7. The van der Waals surface area contributed by atoms with Crippen molar-refractivity contribution in [2.24, 2.45) is 5.73 Å². The monoisotopic (exact) mass is 415 g/mol. The lowest BCUT2D eigenvalue weighted by Crippen LogP contribution is -2.28. The Morgan fingerprint density at radius 2 is 1.84 bits per heavy atom. The quantitative estimate of drug-likeness (QED) is 0.366. The number of hydrogen-bond acceptors (Lipinski definition) is 6. The van der Waals surface area contributed by atoms with Crippen molar-refractivity contribution in [1.82, 2.24) is 20.4 Å². The van der Waals surface area contributed by atoms with Crippen molar-refractivity contribution in [3.8, 4) is 11.3 Å². The van der Waals surface area contributed by atoms with Crippen molar-refractivity contribution in [3.05, 3.63) is 65.7 Å². The van der Waals surface area contributed by atoms with Gasteiger partial charge < -0.3 is 16.4 Å². The van der Waals surface area contributed by atoms with E-state index in [1.165, 1.54) is 0 Å². The predicted octanol–water partition coefficient (Wildman–Crippen LogP) is 3.55. The SMILES string of the molecule is CNc1n[nH]c2ccc(-c3ccc(NCC(C)(C)c4ccc(C(N)=O)cc4)nn3)cc12. The molecule has 8 heteroatoms. The van der Waals surface area contributed by atoms with Crippen LogP contribution in [0.3, 0.4) is 0 Å². The summed E-state index contributed by atoms with van der Waals surface area (Å²) in [7, 11) is 1.84. The third-order valence-corrected chi connectivity index (χ3v) is 5.42. The zero-order chi connectivity index (χ0) is 22.0. The highest BCUT2D eigenvalue weighted by molar-refractivity contribution is 5.93. The molecule has 0 saturated heterocycles. The number of nitrogens with one attached hydrogen (secondary N) is 3. The van der Waals surface area contributed by atoms with Crippen molar-refractivity contribution in [3.63, 3.8) is 0 Å². The van der Waals surface area contributed by atoms with Gasteiger partial charge in [0, 0.05) is 35.5 Å². The van der Waals surface area contributed by atoms with Crippen LogP contribution in [0.2, 0.25) is 0 Å². The molecule has 0 aliphatic heterocycles. The molecule has 0 saturated carbocycles. The predicted molar refractivity (Wildman–Crippen MR) is 123 cm³/mol. The van der Waals surface area contributed by atoms with Gasteiger partial charge in [0.25, 0.3) is 0 Å².